The minimum absolute atomic E-state index is 0.489. The molecule has 0 atom stereocenters. The van der Waals surface area contributed by atoms with Crippen molar-refractivity contribution in [3.8, 4) is 11.8 Å². The largest absolute Gasteiger partial charge is 0.573 e. The second kappa shape index (κ2) is 5.35. The van der Waals surface area contributed by atoms with E-state index < -0.39 is 35.9 Å². The molecule has 0 aromatic heterocycles. The molecule has 4 nitrogen and oxygen atoms in total. The molecule has 8 heteroatoms. The van der Waals surface area contributed by atoms with E-state index in [9.17, 15) is 22.4 Å². The van der Waals surface area contributed by atoms with E-state index in [0.29, 0.717) is 12.1 Å². The number of benzene rings is 1. The van der Waals surface area contributed by atoms with E-state index in [1.165, 1.54) is 6.07 Å². The minimum Gasteiger partial charge on any atom is -0.406 e. The molecule has 1 aromatic rings. The third-order valence-corrected chi connectivity index (χ3v) is 1.69. The van der Waals surface area contributed by atoms with Crippen LogP contribution >= 0.6 is 0 Å². The van der Waals surface area contributed by atoms with Gasteiger partial charge in [-0.1, -0.05) is 0 Å². The molecule has 0 heterocycles. The molecule has 1 aromatic carbocycles. The van der Waals surface area contributed by atoms with Crippen LogP contribution in [-0.4, -0.2) is 12.3 Å². The Balaban J connectivity index is 2.88. The Labute approximate surface area is 98.8 Å². The number of halogens is 4. The molecule has 0 aliphatic carbocycles. The van der Waals surface area contributed by atoms with Crippen molar-refractivity contribution in [2.75, 3.05) is 5.32 Å². The summed E-state index contributed by atoms with van der Waals surface area (Å²) in [5, 5.41) is 10.2. The first-order valence-electron chi connectivity index (χ1n) is 4.54. The van der Waals surface area contributed by atoms with Crippen molar-refractivity contribution in [3.05, 3.63) is 24.0 Å². The molecule has 1 amide bonds. The fraction of sp³-hybridized carbons (Fsp3) is 0.200. The Kier molecular flexibility index (Phi) is 4.09. The van der Waals surface area contributed by atoms with E-state index in [4.69, 9.17) is 5.26 Å². The molecule has 0 saturated carbocycles. The van der Waals surface area contributed by atoms with Gasteiger partial charge in [-0.2, -0.15) is 5.26 Å². The summed E-state index contributed by atoms with van der Waals surface area (Å²) in [6.45, 7) is 0. The standard InChI is InChI=1S/C10H6F4N2O2/c11-7-2-1-6(18-10(12,13)14)5-8(7)16-9(17)3-4-15/h1-2,5H,3H2,(H,16,17). The van der Waals surface area contributed by atoms with Crippen molar-refractivity contribution in [1.82, 2.24) is 0 Å². The predicted octanol–water partition coefficient (Wildman–Crippen LogP) is 2.58. The summed E-state index contributed by atoms with van der Waals surface area (Å²) >= 11 is 0. The van der Waals surface area contributed by atoms with Gasteiger partial charge in [0, 0.05) is 6.07 Å². The summed E-state index contributed by atoms with van der Waals surface area (Å²) in [4.78, 5) is 11.0. The van der Waals surface area contributed by atoms with E-state index >= 15 is 0 Å². The maximum atomic E-state index is 13.2. The van der Waals surface area contributed by atoms with E-state index in [1.54, 1.807) is 0 Å². The van der Waals surface area contributed by atoms with E-state index in [0.717, 1.165) is 6.07 Å². The van der Waals surface area contributed by atoms with Gasteiger partial charge < -0.3 is 10.1 Å². The van der Waals surface area contributed by atoms with Crippen LogP contribution in [0.4, 0.5) is 23.2 Å². The molecule has 0 saturated heterocycles. The van der Waals surface area contributed by atoms with Gasteiger partial charge in [-0.3, -0.25) is 4.79 Å². The van der Waals surface area contributed by atoms with Crippen LogP contribution in [-0.2, 0) is 4.79 Å². The number of nitriles is 1. The Morgan fingerprint density at radius 3 is 2.67 bits per heavy atom. The van der Waals surface area contributed by atoms with Gasteiger partial charge in [0.2, 0.25) is 5.91 Å². The van der Waals surface area contributed by atoms with Crippen LogP contribution in [0, 0.1) is 17.1 Å². The Bertz CT molecular complexity index is 494. The smallest absolute Gasteiger partial charge is 0.406 e. The summed E-state index contributed by atoms with van der Waals surface area (Å²) in [6.07, 6.45) is -5.45. The monoisotopic (exact) mass is 262 g/mol. The van der Waals surface area contributed by atoms with Crippen LogP contribution < -0.4 is 10.1 Å². The summed E-state index contributed by atoms with van der Waals surface area (Å²) in [5.41, 5.74) is -0.489. The molecular weight excluding hydrogens is 256 g/mol. The summed E-state index contributed by atoms with van der Waals surface area (Å²) in [6, 6.07) is 3.67. The van der Waals surface area contributed by atoms with Gasteiger partial charge in [0.05, 0.1) is 11.8 Å². The fourth-order valence-corrected chi connectivity index (χ4v) is 1.06. The van der Waals surface area contributed by atoms with E-state index in [2.05, 4.69) is 4.74 Å². The van der Waals surface area contributed by atoms with Crippen LogP contribution in [0.15, 0.2) is 18.2 Å². The van der Waals surface area contributed by atoms with Gasteiger partial charge in [-0.15, -0.1) is 13.2 Å². The highest BCUT2D eigenvalue weighted by atomic mass is 19.4. The molecule has 0 fully saturated rings. The zero-order chi connectivity index (χ0) is 13.8. The quantitative estimate of drug-likeness (QED) is 0.851. The molecule has 0 aliphatic heterocycles. The van der Waals surface area contributed by atoms with Crippen molar-refractivity contribution >= 4 is 11.6 Å². The summed E-state index contributed by atoms with van der Waals surface area (Å²) in [7, 11) is 0. The maximum absolute atomic E-state index is 13.2. The van der Waals surface area contributed by atoms with Gasteiger partial charge in [0.25, 0.3) is 0 Å². The van der Waals surface area contributed by atoms with Gasteiger partial charge in [0.1, 0.15) is 18.0 Å². The zero-order valence-electron chi connectivity index (χ0n) is 8.71. The number of carbonyl (C=O) groups excluding carboxylic acids is 1. The fourth-order valence-electron chi connectivity index (χ4n) is 1.06. The second-order valence-electron chi connectivity index (χ2n) is 3.07. The van der Waals surface area contributed by atoms with Gasteiger partial charge in [-0.25, -0.2) is 4.39 Å². The lowest BCUT2D eigenvalue weighted by Crippen LogP contribution is -2.17. The van der Waals surface area contributed by atoms with E-state index in [1.807, 2.05) is 5.32 Å². The number of nitrogens with one attached hydrogen (secondary N) is 1. The molecule has 1 rings (SSSR count). The highest BCUT2D eigenvalue weighted by molar-refractivity contribution is 5.92. The van der Waals surface area contributed by atoms with Crippen molar-refractivity contribution < 1.29 is 27.1 Å². The zero-order valence-corrected chi connectivity index (χ0v) is 8.71. The lowest BCUT2D eigenvalue weighted by atomic mass is 10.2. The number of alkyl halides is 3. The number of hydrogen-bond donors (Lipinski definition) is 1. The van der Waals surface area contributed by atoms with Crippen LogP contribution in [0.2, 0.25) is 0 Å². The van der Waals surface area contributed by atoms with Gasteiger partial charge >= 0.3 is 6.36 Å². The van der Waals surface area contributed by atoms with Crippen LogP contribution in [0.25, 0.3) is 0 Å². The van der Waals surface area contributed by atoms with Crippen molar-refractivity contribution in [3.63, 3.8) is 0 Å². The number of hydrogen-bond acceptors (Lipinski definition) is 3. The Hall–Kier alpha value is -2.30. The number of carbonyl (C=O) groups is 1. The van der Waals surface area contributed by atoms with Gasteiger partial charge in [0.15, 0.2) is 0 Å². The van der Waals surface area contributed by atoms with Crippen molar-refractivity contribution in [2.24, 2.45) is 0 Å². The molecule has 0 spiro atoms. The highest BCUT2D eigenvalue weighted by Crippen LogP contribution is 2.26. The summed E-state index contributed by atoms with van der Waals surface area (Å²) < 4.78 is 52.5. The molecule has 96 valence electrons. The first-order valence-corrected chi connectivity index (χ1v) is 4.54. The lowest BCUT2D eigenvalue weighted by molar-refractivity contribution is -0.274. The number of anilines is 1. The number of ether oxygens (including phenoxy) is 1. The van der Waals surface area contributed by atoms with Crippen LogP contribution in [0.1, 0.15) is 6.42 Å². The maximum Gasteiger partial charge on any atom is 0.573 e. The Morgan fingerprint density at radius 2 is 2.11 bits per heavy atom. The number of nitrogens with zero attached hydrogens (tertiary/aromatic N) is 1. The van der Waals surface area contributed by atoms with Gasteiger partial charge in [-0.05, 0) is 12.1 Å². The second-order valence-corrected chi connectivity index (χ2v) is 3.07. The first-order chi connectivity index (χ1) is 8.31. The molecular formula is C10H6F4N2O2. The average Bonchev–Trinajstić information content (AvgIpc) is 2.21. The first kappa shape index (κ1) is 13.8. The van der Waals surface area contributed by atoms with Crippen LogP contribution in [0.5, 0.6) is 5.75 Å². The molecule has 18 heavy (non-hydrogen) atoms. The van der Waals surface area contributed by atoms with Crippen LogP contribution in [0.3, 0.4) is 0 Å². The minimum atomic E-state index is -4.91. The highest BCUT2D eigenvalue weighted by Gasteiger charge is 2.31. The van der Waals surface area contributed by atoms with Crippen molar-refractivity contribution in [2.45, 2.75) is 12.8 Å². The number of amides is 1. The topological polar surface area (TPSA) is 62.1 Å². The molecule has 0 aliphatic rings. The third-order valence-electron chi connectivity index (χ3n) is 1.69. The molecule has 0 radical (unpaired) electrons. The third kappa shape index (κ3) is 4.29. The van der Waals surface area contributed by atoms with Crippen molar-refractivity contribution in [1.29, 1.82) is 5.26 Å². The SMILES string of the molecule is N#CCC(=O)Nc1cc(OC(F)(F)F)ccc1F. The predicted molar refractivity (Wildman–Crippen MR) is 51.9 cm³/mol. The van der Waals surface area contributed by atoms with E-state index in [-0.39, 0.29) is 0 Å². The molecule has 0 bridgehead atoms. The summed E-state index contributed by atoms with van der Waals surface area (Å²) in [5.74, 6) is -2.44. The number of rotatable bonds is 3. The Morgan fingerprint density at radius 1 is 1.44 bits per heavy atom. The molecule has 0 unspecified atom stereocenters. The normalized spacial score (nSPS) is 10.6. The average molecular weight is 262 g/mol. The molecule has 1 N–H and O–H groups in total. The lowest BCUT2D eigenvalue weighted by Gasteiger charge is -2.11.